The number of rotatable bonds is 7. The Hall–Kier alpha value is -2.79. The molecule has 5 heteroatoms. The minimum atomic E-state index is 0.191. The Kier molecular flexibility index (Phi) is 5.21. The molecule has 1 amide bonds. The Labute approximate surface area is 177 Å². The number of hydrogen-bond donors (Lipinski definition) is 1. The summed E-state index contributed by atoms with van der Waals surface area (Å²) < 4.78 is 5.42. The highest BCUT2D eigenvalue weighted by Crippen LogP contribution is 2.28. The van der Waals surface area contributed by atoms with Gasteiger partial charge in [0.2, 0.25) is 0 Å². The van der Waals surface area contributed by atoms with E-state index in [-0.39, 0.29) is 5.91 Å². The van der Waals surface area contributed by atoms with Crippen LogP contribution in [0.3, 0.4) is 0 Å². The topological polar surface area (TPSA) is 48.6 Å². The number of amides is 1. The van der Waals surface area contributed by atoms with Crippen LogP contribution >= 0.6 is 0 Å². The zero-order valence-electron chi connectivity index (χ0n) is 17.6. The summed E-state index contributed by atoms with van der Waals surface area (Å²) in [6, 6.07) is 14.8. The van der Waals surface area contributed by atoms with Gasteiger partial charge in [-0.3, -0.25) is 9.69 Å². The molecule has 2 aliphatic heterocycles. The third-order valence-electron chi connectivity index (χ3n) is 6.70. The molecule has 0 radical (unpaired) electrons. The average Bonchev–Trinajstić information content (AvgIpc) is 3.47. The molecular weight excluding hydrogens is 374 g/mol. The number of benzene rings is 2. The highest BCUT2D eigenvalue weighted by atomic mass is 16.5. The van der Waals surface area contributed by atoms with Crippen LogP contribution in [0.4, 0.5) is 0 Å². The van der Waals surface area contributed by atoms with E-state index >= 15 is 0 Å². The van der Waals surface area contributed by atoms with Crippen molar-refractivity contribution in [1.82, 2.24) is 14.8 Å². The number of nitrogens with zero attached hydrogens (tertiary/aromatic N) is 2. The van der Waals surface area contributed by atoms with Gasteiger partial charge in [0, 0.05) is 48.3 Å². The second-order valence-corrected chi connectivity index (χ2v) is 8.50. The van der Waals surface area contributed by atoms with Crippen LogP contribution in [0.25, 0.3) is 10.9 Å². The van der Waals surface area contributed by atoms with Crippen molar-refractivity contribution in [2.24, 2.45) is 0 Å². The largest absolute Gasteiger partial charge is 0.497 e. The molecule has 1 atom stereocenters. The van der Waals surface area contributed by atoms with Gasteiger partial charge in [-0.05, 0) is 67.6 Å². The third-order valence-corrected chi connectivity index (χ3v) is 6.70. The molecule has 156 valence electrons. The first-order chi connectivity index (χ1) is 14.7. The number of likely N-dealkylation sites (tertiary alicyclic amines) is 1. The maximum absolute atomic E-state index is 12.6. The van der Waals surface area contributed by atoms with E-state index in [4.69, 9.17) is 4.74 Å². The van der Waals surface area contributed by atoms with Crippen molar-refractivity contribution in [3.05, 3.63) is 65.4 Å². The summed E-state index contributed by atoms with van der Waals surface area (Å²) in [5, 5.41) is 1.27. The molecule has 1 fully saturated rings. The van der Waals surface area contributed by atoms with Crippen LogP contribution in [0.2, 0.25) is 0 Å². The molecule has 1 saturated heterocycles. The van der Waals surface area contributed by atoms with E-state index in [0.717, 1.165) is 55.9 Å². The van der Waals surface area contributed by atoms with E-state index in [1.165, 1.54) is 29.3 Å². The molecule has 30 heavy (non-hydrogen) atoms. The molecule has 0 bridgehead atoms. The fourth-order valence-corrected chi connectivity index (χ4v) is 5.09. The fraction of sp³-hybridized carbons (Fsp3) is 0.400. The molecule has 0 unspecified atom stereocenters. The number of fused-ring (bicyclic) bond motifs is 2. The standard InChI is InChI=1S/C25H29N3O2/c1-30-21-9-10-24-23(15-21)19(16-26-24)14-20-7-4-11-27(20)12-5-13-28-17-18-6-2-3-8-22(18)25(28)29/h2-3,6,8-10,15-16,20,26H,4-5,7,11-14,17H2,1H3/t20-/m1/s1. The van der Waals surface area contributed by atoms with Gasteiger partial charge in [-0.15, -0.1) is 0 Å². The van der Waals surface area contributed by atoms with Gasteiger partial charge in [-0.2, -0.15) is 0 Å². The Morgan fingerprint density at radius 1 is 1.17 bits per heavy atom. The third kappa shape index (κ3) is 3.58. The fourth-order valence-electron chi connectivity index (χ4n) is 5.09. The van der Waals surface area contributed by atoms with Gasteiger partial charge >= 0.3 is 0 Å². The van der Waals surface area contributed by atoms with Crippen molar-refractivity contribution in [3.8, 4) is 5.75 Å². The van der Waals surface area contributed by atoms with E-state index in [2.05, 4.69) is 34.3 Å². The molecule has 0 aliphatic carbocycles. The van der Waals surface area contributed by atoms with Crippen molar-refractivity contribution in [2.45, 2.75) is 38.3 Å². The van der Waals surface area contributed by atoms with Crippen molar-refractivity contribution in [1.29, 1.82) is 0 Å². The molecule has 1 aromatic heterocycles. The number of carbonyl (C=O) groups is 1. The smallest absolute Gasteiger partial charge is 0.254 e. The van der Waals surface area contributed by atoms with Crippen molar-refractivity contribution < 1.29 is 9.53 Å². The van der Waals surface area contributed by atoms with Gasteiger partial charge in [-0.1, -0.05) is 18.2 Å². The lowest BCUT2D eigenvalue weighted by molar-refractivity contribution is 0.0770. The second-order valence-electron chi connectivity index (χ2n) is 8.50. The van der Waals surface area contributed by atoms with Crippen LogP contribution in [0, 0.1) is 0 Å². The zero-order chi connectivity index (χ0) is 20.5. The van der Waals surface area contributed by atoms with Gasteiger partial charge in [-0.25, -0.2) is 0 Å². The SMILES string of the molecule is COc1ccc2[nH]cc(C[C@H]3CCCN3CCCN3Cc4ccccc4C3=O)c2c1. The quantitative estimate of drug-likeness (QED) is 0.642. The summed E-state index contributed by atoms with van der Waals surface area (Å²) in [7, 11) is 1.72. The van der Waals surface area contributed by atoms with Gasteiger partial charge in [0.1, 0.15) is 5.75 Å². The number of methoxy groups -OCH3 is 1. The molecule has 5 nitrogen and oxygen atoms in total. The van der Waals surface area contributed by atoms with Gasteiger partial charge < -0.3 is 14.6 Å². The van der Waals surface area contributed by atoms with E-state index in [1.54, 1.807) is 7.11 Å². The minimum Gasteiger partial charge on any atom is -0.497 e. The first kappa shape index (κ1) is 19.2. The summed E-state index contributed by atoms with van der Waals surface area (Å²) in [4.78, 5) is 20.6. The monoisotopic (exact) mass is 403 g/mol. The van der Waals surface area contributed by atoms with Gasteiger partial charge in [0.25, 0.3) is 5.91 Å². The van der Waals surface area contributed by atoms with Crippen LogP contribution < -0.4 is 4.74 Å². The van der Waals surface area contributed by atoms with E-state index in [0.29, 0.717) is 6.04 Å². The molecular formula is C25H29N3O2. The van der Waals surface area contributed by atoms with E-state index in [1.807, 2.05) is 29.2 Å². The predicted molar refractivity (Wildman–Crippen MR) is 119 cm³/mol. The van der Waals surface area contributed by atoms with Crippen LogP contribution in [-0.2, 0) is 13.0 Å². The maximum Gasteiger partial charge on any atom is 0.254 e. The van der Waals surface area contributed by atoms with Crippen LogP contribution in [0.5, 0.6) is 5.75 Å². The molecule has 0 spiro atoms. The summed E-state index contributed by atoms with van der Waals surface area (Å²) >= 11 is 0. The van der Waals surface area contributed by atoms with Crippen LogP contribution in [0.1, 0.15) is 40.7 Å². The molecule has 5 rings (SSSR count). The second kappa shape index (κ2) is 8.15. The normalized spacial score (nSPS) is 19.0. The number of carbonyl (C=O) groups excluding carboxylic acids is 1. The highest BCUT2D eigenvalue weighted by molar-refractivity contribution is 5.98. The number of H-pyrrole nitrogens is 1. The van der Waals surface area contributed by atoms with Gasteiger partial charge in [0.15, 0.2) is 0 Å². The van der Waals surface area contributed by atoms with Crippen molar-refractivity contribution >= 4 is 16.8 Å². The first-order valence-corrected chi connectivity index (χ1v) is 11.0. The summed E-state index contributed by atoms with van der Waals surface area (Å²) in [6.45, 7) is 3.80. The Morgan fingerprint density at radius 3 is 2.93 bits per heavy atom. The lowest BCUT2D eigenvalue weighted by atomic mass is 10.0. The Bertz CT molecular complexity index is 1060. The number of hydrogen-bond acceptors (Lipinski definition) is 3. The number of ether oxygens (including phenoxy) is 1. The highest BCUT2D eigenvalue weighted by Gasteiger charge is 2.28. The van der Waals surface area contributed by atoms with Crippen LogP contribution in [-0.4, -0.2) is 53.5 Å². The Morgan fingerprint density at radius 2 is 2.07 bits per heavy atom. The summed E-state index contributed by atoms with van der Waals surface area (Å²) in [5.41, 5.74) is 4.58. The van der Waals surface area contributed by atoms with E-state index < -0.39 is 0 Å². The predicted octanol–water partition coefficient (Wildman–Crippen LogP) is 4.23. The average molecular weight is 404 g/mol. The van der Waals surface area contributed by atoms with Crippen LogP contribution in [0.15, 0.2) is 48.7 Å². The van der Waals surface area contributed by atoms with Crippen molar-refractivity contribution in [3.63, 3.8) is 0 Å². The summed E-state index contributed by atoms with van der Waals surface area (Å²) in [5.74, 6) is 1.10. The molecule has 3 aromatic rings. The Balaban J connectivity index is 1.19. The number of nitrogens with one attached hydrogen (secondary N) is 1. The molecule has 2 aromatic carbocycles. The molecule has 2 aliphatic rings. The lowest BCUT2D eigenvalue weighted by Gasteiger charge is -2.25. The number of aromatic nitrogens is 1. The zero-order valence-corrected chi connectivity index (χ0v) is 17.6. The first-order valence-electron chi connectivity index (χ1n) is 11.0. The van der Waals surface area contributed by atoms with Crippen molar-refractivity contribution in [2.75, 3.05) is 26.7 Å². The maximum atomic E-state index is 12.6. The molecule has 3 heterocycles. The molecule has 1 N–H and O–H groups in total. The lowest BCUT2D eigenvalue weighted by Crippen LogP contribution is -2.34. The molecule has 0 saturated carbocycles. The van der Waals surface area contributed by atoms with E-state index in [9.17, 15) is 4.79 Å². The summed E-state index contributed by atoms with van der Waals surface area (Å²) in [6.07, 6.45) is 6.73. The van der Waals surface area contributed by atoms with Gasteiger partial charge in [0.05, 0.1) is 7.11 Å². The minimum absolute atomic E-state index is 0.191. The number of aromatic amines is 1.